The lowest BCUT2D eigenvalue weighted by molar-refractivity contribution is -0.118. The lowest BCUT2D eigenvalue weighted by Crippen LogP contribution is -2.25. The smallest absolute Gasteiger partial charge is 0.262 e. The fraction of sp³-hybridized carbons (Fsp3) is 0.316. The molecule has 144 valence electrons. The molecule has 0 unspecified atom stereocenters. The van der Waals surface area contributed by atoms with Gasteiger partial charge in [-0.15, -0.1) is 0 Å². The summed E-state index contributed by atoms with van der Waals surface area (Å²) < 4.78 is 37.8. The minimum atomic E-state index is -3.51. The van der Waals surface area contributed by atoms with Crippen molar-refractivity contribution in [1.82, 2.24) is 4.72 Å². The summed E-state index contributed by atoms with van der Waals surface area (Å²) in [6.07, 6.45) is 1.75. The molecule has 1 saturated carbocycles. The molecule has 0 saturated heterocycles. The number of methoxy groups -OCH3 is 1. The summed E-state index contributed by atoms with van der Waals surface area (Å²) >= 11 is 0. The molecule has 0 bridgehead atoms. The Morgan fingerprint density at radius 2 is 1.96 bits per heavy atom. The second-order valence-electron chi connectivity index (χ2n) is 6.39. The Bertz CT molecular complexity index is 939. The van der Waals surface area contributed by atoms with Gasteiger partial charge in [-0.05, 0) is 55.7 Å². The first-order chi connectivity index (χ1) is 12.9. The highest BCUT2D eigenvalue weighted by Crippen LogP contribution is 2.25. The van der Waals surface area contributed by atoms with Crippen molar-refractivity contribution in [2.24, 2.45) is 0 Å². The van der Waals surface area contributed by atoms with Gasteiger partial charge in [-0.2, -0.15) is 0 Å². The Labute approximate surface area is 158 Å². The van der Waals surface area contributed by atoms with Crippen molar-refractivity contribution in [1.29, 1.82) is 0 Å². The number of carbonyl (C=O) groups is 1. The van der Waals surface area contributed by atoms with E-state index in [4.69, 9.17) is 9.47 Å². The standard InChI is InChI=1S/C19H22N2O5S/c1-13-10-17(27(23,24)21-14-6-7-14)8-9-18(13)26-12-19(22)20-15-4-3-5-16(11-15)25-2/h3-5,8-11,14,21H,6-7,12H2,1-2H3,(H,20,22). The molecule has 1 amide bonds. The van der Waals surface area contributed by atoms with Gasteiger partial charge >= 0.3 is 0 Å². The maximum absolute atomic E-state index is 12.2. The van der Waals surface area contributed by atoms with Crippen LogP contribution in [0.4, 0.5) is 5.69 Å². The van der Waals surface area contributed by atoms with E-state index in [1.165, 1.54) is 6.07 Å². The second kappa shape index (κ2) is 7.98. The highest BCUT2D eigenvalue weighted by atomic mass is 32.2. The molecule has 2 aromatic carbocycles. The van der Waals surface area contributed by atoms with Crippen molar-refractivity contribution in [2.75, 3.05) is 19.0 Å². The monoisotopic (exact) mass is 390 g/mol. The normalized spacial score (nSPS) is 13.9. The van der Waals surface area contributed by atoms with Crippen LogP contribution in [0.5, 0.6) is 11.5 Å². The van der Waals surface area contributed by atoms with E-state index in [9.17, 15) is 13.2 Å². The molecule has 27 heavy (non-hydrogen) atoms. The number of anilines is 1. The molecule has 8 heteroatoms. The Hall–Kier alpha value is -2.58. The van der Waals surface area contributed by atoms with Crippen LogP contribution in [0.15, 0.2) is 47.4 Å². The van der Waals surface area contributed by atoms with Crippen LogP contribution in [-0.2, 0) is 14.8 Å². The average molecular weight is 390 g/mol. The van der Waals surface area contributed by atoms with Gasteiger partial charge in [0, 0.05) is 17.8 Å². The lowest BCUT2D eigenvalue weighted by Gasteiger charge is -2.12. The molecule has 3 rings (SSSR count). The fourth-order valence-electron chi connectivity index (χ4n) is 2.48. The number of ether oxygens (including phenoxy) is 2. The van der Waals surface area contributed by atoms with Crippen LogP contribution in [0, 0.1) is 6.92 Å². The van der Waals surface area contributed by atoms with Crippen LogP contribution in [-0.4, -0.2) is 34.1 Å². The maximum atomic E-state index is 12.2. The summed E-state index contributed by atoms with van der Waals surface area (Å²) in [4.78, 5) is 12.3. The third kappa shape index (κ3) is 5.21. The predicted molar refractivity (Wildman–Crippen MR) is 102 cm³/mol. The van der Waals surface area contributed by atoms with Gasteiger partial charge in [-0.1, -0.05) is 6.07 Å². The van der Waals surface area contributed by atoms with Crippen molar-refractivity contribution in [3.8, 4) is 11.5 Å². The van der Waals surface area contributed by atoms with Crippen molar-refractivity contribution in [2.45, 2.75) is 30.7 Å². The number of benzene rings is 2. The van der Waals surface area contributed by atoms with Crippen molar-refractivity contribution in [3.63, 3.8) is 0 Å². The summed E-state index contributed by atoms with van der Waals surface area (Å²) in [5.41, 5.74) is 1.25. The Morgan fingerprint density at radius 1 is 1.19 bits per heavy atom. The molecule has 1 aliphatic rings. The topological polar surface area (TPSA) is 93.7 Å². The number of carbonyl (C=O) groups excluding carboxylic acids is 1. The van der Waals surface area contributed by atoms with E-state index in [1.807, 2.05) is 0 Å². The van der Waals surface area contributed by atoms with Gasteiger partial charge in [0.25, 0.3) is 5.91 Å². The molecule has 0 spiro atoms. The molecular weight excluding hydrogens is 368 g/mol. The molecule has 0 heterocycles. The van der Waals surface area contributed by atoms with Gasteiger partial charge < -0.3 is 14.8 Å². The number of rotatable bonds is 8. The van der Waals surface area contributed by atoms with Crippen molar-refractivity contribution < 1.29 is 22.7 Å². The molecule has 2 aromatic rings. The highest BCUT2D eigenvalue weighted by Gasteiger charge is 2.28. The average Bonchev–Trinajstić information content (AvgIpc) is 3.44. The van der Waals surface area contributed by atoms with Crippen LogP contribution in [0.25, 0.3) is 0 Å². The van der Waals surface area contributed by atoms with Crippen LogP contribution in [0.1, 0.15) is 18.4 Å². The zero-order chi connectivity index (χ0) is 19.4. The Kier molecular flexibility index (Phi) is 5.67. The van der Waals surface area contributed by atoms with E-state index in [-0.39, 0.29) is 23.5 Å². The lowest BCUT2D eigenvalue weighted by atomic mass is 10.2. The van der Waals surface area contributed by atoms with Gasteiger partial charge in [0.15, 0.2) is 6.61 Å². The molecule has 0 radical (unpaired) electrons. The van der Waals surface area contributed by atoms with Crippen LogP contribution < -0.4 is 19.5 Å². The minimum Gasteiger partial charge on any atom is -0.497 e. The molecule has 2 N–H and O–H groups in total. The first-order valence-corrected chi connectivity index (χ1v) is 10.1. The van der Waals surface area contributed by atoms with E-state index >= 15 is 0 Å². The van der Waals surface area contributed by atoms with Crippen LogP contribution in [0.3, 0.4) is 0 Å². The largest absolute Gasteiger partial charge is 0.497 e. The number of aryl methyl sites for hydroxylation is 1. The van der Waals surface area contributed by atoms with E-state index in [0.29, 0.717) is 22.7 Å². The molecule has 7 nitrogen and oxygen atoms in total. The molecule has 0 aromatic heterocycles. The van der Waals surface area contributed by atoms with Gasteiger partial charge in [0.1, 0.15) is 11.5 Å². The minimum absolute atomic E-state index is 0.0477. The maximum Gasteiger partial charge on any atom is 0.262 e. The van der Waals surface area contributed by atoms with Gasteiger partial charge in [0.2, 0.25) is 10.0 Å². The molecule has 0 aliphatic heterocycles. The van der Waals surface area contributed by atoms with E-state index in [2.05, 4.69) is 10.0 Å². The molecule has 0 atom stereocenters. The van der Waals surface area contributed by atoms with Crippen LogP contribution >= 0.6 is 0 Å². The molecule has 1 fully saturated rings. The summed E-state index contributed by atoms with van der Waals surface area (Å²) in [5, 5.41) is 2.72. The number of nitrogens with one attached hydrogen (secondary N) is 2. The second-order valence-corrected chi connectivity index (χ2v) is 8.11. The van der Waals surface area contributed by atoms with Crippen LogP contribution in [0.2, 0.25) is 0 Å². The Balaban J connectivity index is 1.59. The third-order valence-electron chi connectivity index (χ3n) is 4.07. The quantitative estimate of drug-likeness (QED) is 0.722. The summed E-state index contributed by atoms with van der Waals surface area (Å²) in [5.74, 6) is 0.775. The third-order valence-corrected chi connectivity index (χ3v) is 5.59. The zero-order valence-corrected chi connectivity index (χ0v) is 16.0. The fourth-order valence-corrected chi connectivity index (χ4v) is 3.87. The zero-order valence-electron chi connectivity index (χ0n) is 15.2. The summed E-state index contributed by atoms with van der Waals surface area (Å²) in [6, 6.07) is 11.6. The van der Waals surface area contributed by atoms with Crippen molar-refractivity contribution >= 4 is 21.6 Å². The number of amides is 1. The first-order valence-electron chi connectivity index (χ1n) is 8.57. The SMILES string of the molecule is COc1cccc(NC(=O)COc2ccc(S(=O)(=O)NC3CC3)cc2C)c1. The first kappa shape index (κ1) is 19.2. The number of hydrogen-bond donors (Lipinski definition) is 2. The molecular formula is C19H22N2O5S. The van der Waals surface area contributed by atoms with Gasteiger partial charge in [0.05, 0.1) is 12.0 Å². The number of hydrogen-bond acceptors (Lipinski definition) is 5. The van der Waals surface area contributed by atoms with E-state index < -0.39 is 10.0 Å². The summed E-state index contributed by atoms with van der Waals surface area (Å²) in [7, 11) is -1.96. The summed E-state index contributed by atoms with van der Waals surface area (Å²) in [6.45, 7) is 1.55. The van der Waals surface area contributed by atoms with E-state index in [1.54, 1.807) is 50.4 Å². The van der Waals surface area contributed by atoms with E-state index in [0.717, 1.165) is 12.8 Å². The Morgan fingerprint density at radius 3 is 2.63 bits per heavy atom. The predicted octanol–water partition coefficient (Wildman–Crippen LogP) is 2.46. The van der Waals surface area contributed by atoms with Crippen molar-refractivity contribution in [3.05, 3.63) is 48.0 Å². The van der Waals surface area contributed by atoms with Gasteiger partial charge in [-0.3, -0.25) is 4.79 Å². The number of sulfonamides is 1. The highest BCUT2D eigenvalue weighted by molar-refractivity contribution is 7.89. The molecule has 1 aliphatic carbocycles. The van der Waals surface area contributed by atoms with Gasteiger partial charge in [-0.25, -0.2) is 13.1 Å².